The molecule has 0 saturated carbocycles. The number of nitro groups is 1. The van der Waals surface area contributed by atoms with Gasteiger partial charge in [0.2, 0.25) is 0 Å². The summed E-state index contributed by atoms with van der Waals surface area (Å²) in [5.41, 5.74) is 1.02. The normalized spacial score (nSPS) is 11.3. The maximum absolute atomic E-state index is 12.5. The van der Waals surface area contributed by atoms with E-state index in [-0.39, 0.29) is 12.3 Å². The van der Waals surface area contributed by atoms with E-state index in [0.717, 1.165) is 9.75 Å². The van der Waals surface area contributed by atoms with Crippen molar-refractivity contribution in [2.24, 2.45) is 0 Å². The average Bonchev–Trinajstić information content (AvgIpc) is 3.31. The predicted octanol–water partition coefficient (Wildman–Crippen LogP) is 5.00. The summed E-state index contributed by atoms with van der Waals surface area (Å²) in [6.07, 6.45) is 1.80. The summed E-state index contributed by atoms with van der Waals surface area (Å²) in [4.78, 5) is 24.7. The highest BCUT2D eigenvalue weighted by Crippen LogP contribution is 2.26. The molecule has 0 radical (unpaired) electrons. The average molecular weight is 371 g/mol. The molecule has 126 valence electrons. The summed E-state index contributed by atoms with van der Waals surface area (Å²) in [5.74, 6) is -0.456. The quantitative estimate of drug-likeness (QED) is 0.265. The molecule has 0 aliphatic rings. The van der Waals surface area contributed by atoms with Crippen molar-refractivity contribution in [2.75, 3.05) is 0 Å². The van der Waals surface area contributed by atoms with E-state index < -0.39 is 10.9 Å². The second-order valence-electron chi connectivity index (χ2n) is 5.05. The summed E-state index contributed by atoms with van der Waals surface area (Å²) in [7, 11) is 0. The van der Waals surface area contributed by atoms with Crippen molar-refractivity contribution in [1.82, 2.24) is 0 Å². The predicted molar refractivity (Wildman–Crippen MR) is 99.4 cm³/mol. The molecule has 0 aliphatic carbocycles. The molecule has 0 N–H and O–H groups in total. The molecule has 0 spiro atoms. The van der Waals surface area contributed by atoms with Gasteiger partial charge in [-0.1, -0.05) is 24.3 Å². The van der Waals surface area contributed by atoms with Crippen LogP contribution in [0, 0.1) is 10.1 Å². The highest BCUT2D eigenvalue weighted by atomic mass is 32.1. The molecule has 0 saturated heterocycles. The lowest BCUT2D eigenvalue weighted by Crippen LogP contribution is -2.06. The van der Waals surface area contributed by atoms with E-state index in [9.17, 15) is 14.9 Å². The molecule has 0 aliphatic heterocycles. The van der Waals surface area contributed by atoms with Crippen molar-refractivity contribution in [1.29, 1.82) is 0 Å². The Bertz CT molecular complexity index is 899. The van der Waals surface area contributed by atoms with E-state index in [1.807, 2.05) is 35.0 Å². The Balaban J connectivity index is 1.77. The van der Waals surface area contributed by atoms with Gasteiger partial charge in [-0.3, -0.25) is 10.1 Å². The third kappa shape index (κ3) is 4.40. The van der Waals surface area contributed by atoms with Gasteiger partial charge in [0.05, 0.1) is 10.5 Å². The molecule has 3 rings (SSSR count). The zero-order valence-corrected chi connectivity index (χ0v) is 14.6. The van der Waals surface area contributed by atoms with Gasteiger partial charge in [0.1, 0.15) is 6.61 Å². The molecule has 0 atom stereocenters. The summed E-state index contributed by atoms with van der Waals surface area (Å²) < 4.78 is 5.38. The largest absolute Gasteiger partial charge is 0.457 e. The lowest BCUT2D eigenvalue weighted by atomic mass is 10.2. The maximum Gasteiger partial charge on any atom is 0.339 e. The molecule has 7 heteroatoms. The molecule has 1 aromatic carbocycles. The van der Waals surface area contributed by atoms with Gasteiger partial charge >= 0.3 is 5.97 Å². The Hall–Kier alpha value is -2.77. The number of nitro benzene ring substituents is 1. The van der Waals surface area contributed by atoms with E-state index in [1.165, 1.54) is 34.8 Å². The van der Waals surface area contributed by atoms with Crippen molar-refractivity contribution < 1.29 is 14.5 Å². The zero-order valence-electron chi connectivity index (χ0n) is 13.0. The van der Waals surface area contributed by atoms with Crippen LogP contribution in [0.25, 0.3) is 11.6 Å². The van der Waals surface area contributed by atoms with Crippen molar-refractivity contribution in [3.63, 3.8) is 0 Å². The second kappa shape index (κ2) is 7.87. The smallest absolute Gasteiger partial charge is 0.339 e. The zero-order chi connectivity index (χ0) is 17.6. The van der Waals surface area contributed by atoms with E-state index in [0.29, 0.717) is 11.1 Å². The molecular formula is C18H13NO4S2. The topological polar surface area (TPSA) is 69.4 Å². The van der Waals surface area contributed by atoms with Crippen LogP contribution in [0.5, 0.6) is 0 Å². The number of ether oxygens (including phenoxy) is 1. The van der Waals surface area contributed by atoms with Crippen molar-refractivity contribution in [3.05, 3.63) is 84.7 Å². The highest BCUT2D eigenvalue weighted by molar-refractivity contribution is 7.12. The number of non-ortho nitro benzene ring substituents is 1. The number of nitrogens with zero attached hydrogens (tertiary/aromatic N) is 1. The number of hydrogen-bond donors (Lipinski definition) is 0. The van der Waals surface area contributed by atoms with Crippen LogP contribution in [-0.4, -0.2) is 10.9 Å². The van der Waals surface area contributed by atoms with Crippen LogP contribution in [0.2, 0.25) is 0 Å². The van der Waals surface area contributed by atoms with Crippen LogP contribution < -0.4 is 0 Å². The second-order valence-corrected chi connectivity index (χ2v) is 6.98. The number of rotatable bonds is 6. The van der Waals surface area contributed by atoms with Crippen molar-refractivity contribution in [2.45, 2.75) is 6.61 Å². The van der Waals surface area contributed by atoms with E-state index >= 15 is 0 Å². The Morgan fingerprint density at radius 2 is 1.92 bits per heavy atom. The number of carbonyl (C=O) groups excluding carboxylic acids is 1. The van der Waals surface area contributed by atoms with E-state index in [4.69, 9.17) is 4.74 Å². The van der Waals surface area contributed by atoms with Gasteiger partial charge in [-0.25, -0.2) is 4.79 Å². The first-order valence-electron chi connectivity index (χ1n) is 7.33. The van der Waals surface area contributed by atoms with Crippen molar-refractivity contribution in [3.8, 4) is 0 Å². The molecule has 2 heterocycles. The SMILES string of the molecule is O=C(OCc1cccc([N+](=O)[O-])c1)/C(=C/c1cccs1)c1cccs1. The van der Waals surface area contributed by atoms with Gasteiger partial charge in [-0.05, 0) is 34.5 Å². The van der Waals surface area contributed by atoms with Gasteiger partial charge < -0.3 is 4.74 Å². The van der Waals surface area contributed by atoms with Gasteiger partial charge in [-0.15, -0.1) is 22.7 Å². The van der Waals surface area contributed by atoms with Crippen LogP contribution >= 0.6 is 22.7 Å². The van der Waals surface area contributed by atoms with E-state index in [1.54, 1.807) is 18.2 Å². The summed E-state index contributed by atoms with van der Waals surface area (Å²) in [5, 5.41) is 14.7. The summed E-state index contributed by atoms with van der Waals surface area (Å²) in [6, 6.07) is 13.6. The lowest BCUT2D eigenvalue weighted by Gasteiger charge is -2.07. The molecule has 0 unspecified atom stereocenters. The number of hydrogen-bond acceptors (Lipinski definition) is 6. The molecular weight excluding hydrogens is 358 g/mol. The third-order valence-electron chi connectivity index (χ3n) is 3.33. The number of esters is 1. The monoisotopic (exact) mass is 371 g/mol. The first-order valence-corrected chi connectivity index (χ1v) is 9.09. The number of thiophene rings is 2. The third-order valence-corrected chi connectivity index (χ3v) is 5.05. The fraction of sp³-hybridized carbons (Fsp3) is 0.0556. The van der Waals surface area contributed by atoms with E-state index in [2.05, 4.69) is 0 Å². The highest BCUT2D eigenvalue weighted by Gasteiger charge is 2.16. The van der Waals surface area contributed by atoms with Crippen LogP contribution in [-0.2, 0) is 16.1 Å². The standard InChI is InChI=1S/C18H13NO4S2/c20-18(23-12-13-4-1-5-14(10-13)19(21)22)16(17-7-3-9-25-17)11-15-6-2-8-24-15/h1-11H,12H2/b16-11+. The van der Waals surface area contributed by atoms with Crippen molar-refractivity contribution >= 4 is 46.0 Å². The Kier molecular flexibility index (Phi) is 5.37. The molecule has 0 bridgehead atoms. The van der Waals surface area contributed by atoms with Crippen LogP contribution in [0.15, 0.2) is 59.3 Å². The number of benzene rings is 1. The van der Waals surface area contributed by atoms with Gasteiger partial charge in [-0.2, -0.15) is 0 Å². The fourth-order valence-electron chi connectivity index (χ4n) is 2.16. The van der Waals surface area contributed by atoms with Crippen LogP contribution in [0.4, 0.5) is 5.69 Å². The molecule has 2 aromatic heterocycles. The Labute approximate surface area is 152 Å². The number of carbonyl (C=O) groups is 1. The maximum atomic E-state index is 12.5. The van der Waals surface area contributed by atoms with Crippen LogP contribution in [0.1, 0.15) is 15.3 Å². The minimum Gasteiger partial charge on any atom is -0.457 e. The molecule has 25 heavy (non-hydrogen) atoms. The molecule has 0 fully saturated rings. The Morgan fingerprint density at radius 3 is 2.60 bits per heavy atom. The first-order chi connectivity index (χ1) is 12.1. The van der Waals surface area contributed by atoms with Crippen LogP contribution in [0.3, 0.4) is 0 Å². The van der Waals surface area contributed by atoms with Gasteiger partial charge in [0, 0.05) is 21.9 Å². The molecule has 3 aromatic rings. The van der Waals surface area contributed by atoms with Gasteiger partial charge in [0.25, 0.3) is 5.69 Å². The summed E-state index contributed by atoms with van der Waals surface area (Å²) >= 11 is 2.99. The molecule has 5 nitrogen and oxygen atoms in total. The lowest BCUT2D eigenvalue weighted by molar-refractivity contribution is -0.384. The Morgan fingerprint density at radius 1 is 1.12 bits per heavy atom. The minimum absolute atomic E-state index is 0.0202. The first kappa shape index (κ1) is 17.1. The summed E-state index contributed by atoms with van der Waals surface area (Å²) in [6.45, 7) is -0.0202. The molecule has 0 amide bonds. The van der Waals surface area contributed by atoms with Gasteiger partial charge in [0.15, 0.2) is 0 Å². The fourth-order valence-corrected chi connectivity index (χ4v) is 3.55. The minimum atomic E-state index is -0.473.